The Morgan fingerprint density at radius 3 is 2.61 bits per heavy atom. The molecule has 1 aromatic rings. The van der Waals surface area contributed by atoms with Gasteiger partial charge in [-0.2, -0.15) is 0 Å². The maximum absolute atomic E-state index is 9.84. The van der Waals surface area contributed by atoms with Gasteiger partial charge in [-0.25, -0.2) is 0 Å². The fraction of sp³-hybridized carbons (Fsp3) is 0.571. The first-order chi connectivity index (χ1) is 8.49. The van der Waals surface area contributed by atoms with Crippen molar-refractivity contribution in [1.82, 2.24) is 4.90 Å². The van der Waals surface area contributed by atoms with Crippen LogP contribution in [0.2, 0.25) is 0 Å². The van der Waals surface area contributed by atoms with Crippen molar-refractivity contribution in [1.29, 1.82) is 0 Å². The van der Waals surface area contributed by atoms with E-state index in [4.69, 9.17) is 4.74 Å². The zero-order chi connectivity index (χ0) is 13.5. The summed E-state index contributed by atoms with van der Waals surface area (Å²) in [6.45, 7) is 5.74. The summed E-state index contributed by atoms with van der Waals surface area (Å²) in [6, 6.07) is 8.13. The first-order valence-corrected chi connectivity index (χ1v) is 7.00. The lowest BCUT2D eigenvalue weighted by molar-refractivity contribution is -0.00636. The molecule has 0 aliphatic carbocycles. The molecule has 1 unspecified atom stereocenters. The van der Waals surface area contributed by atoms with Crippen LogP contribution in [0.5, 0.6) is 0 Å². The largest absolute Gasteiger partial charge is 0.389 e. The molecule has 0 amide bonds. The fourth-order valence-corrected chi connectivity index (χ4v) is 2.11. The molecule has 102 valence electrons. The number of hydrogen-bond acceptors (Lipinski definition) is 3. The Balaban J connectivity index is 2.37. The van der Waals surface area contributed by atoms with Crippen LogP contribution in [0.3, 0.4) is 0 Å². The zero-order valence-electron chi connectivity index (χ0n) is 11.3. The second-order valence-corrected chi connectivity index (χ2v) is 5.68. The number of halogens is 1. The molecule has 0 radical (unpaired) electrons. The number of likely N-dealkylation sites (N-methyl/N-ethyl adjacent to an activating group) is 1. The third-order valence-corrected chi connectivity index (χ3v) is 3.32. The van der Waals surface area contributed by atoms with Gasteiger partial charge in [0.1, 0.15) is 0 Å². The molecular formula is C14H22BrNO2. The molecular weight excluding hydrogens is 294 g/mol. The quantitative estimate of drug-likeness (QED) is 0.839. The SMILES string of the molecule is CC(C)OCC(O)CN(C)Cc1ccccc1Br. The highest BCUT2D eigenvalue weighted by atomic mass is 79.9. The zero-order valence-corrected chi connectivity index (χ0v) is 12.9. The summed E-state index contributed by atoms with van der Waals surface area (Å²) in [7, 11) is 2.00. The number of nitrogens with zero attached hydrogens (tertiary/aromatic N) is 1. The number of aliphatic hydroxyl groups excluding tert-OH is 1. The van der Waals surface area contributed by atoms with Crippen LogP contribution in [0, 0.1) is 0 Å². The van der Waals surface area contributed by atoms with E-state index in [0.717, 1.165) is 11.0 Å². The summed E-state index contributed by atoms with van der Waals surface area (Å²) in [4.78, 5) is 2.09. The highest BCUT2D eigenvalue weighted by molar-refractivity contribution is 9.10. The fourth-order valence-electron chi connectivity index (χ4n) is 1.70. The summed E-state index contributed by atoms with van der Waals surface area (Å²) in [6.07, 6.45) is -0.284. The van der Waals surface area contributed by atoms with Gasteiger partial charge in [0, 0.05) is 17.6 Å². The maximum atomic E-state index is 9.84. The summed E-state index contributed by atoms with van der Waals surface area (Å²) in [5.41, 5.74) is 1.22. The van der Waals surface area contributed by atoms with Crippen molar-refractivity contribution in [2.24, 2.45) is 0 Å². The predicted molar refractivity (Wildman–Crippen MR) is 77.6 cm³/mol. The van der Waals surface area contributed by atoms with E-state index in [9.17, 15) is 5.11 Å². The van der Waals surface area contributed by atoms with E-state index in [2.05, 4.69) is 26.9 Å². The van der Waals surface area contributed by atoms with Crippen LogP contribution < -0.4 is 0 Å². The minimum Gasteiger partial charge on any atom is -0.389 e. The number of benzene rings is 1. The lowest BCUT2D eigenvalue weighted by Crippen LogP contribution is -2.32. The van der Waals surface area contributed by atoms with Crippen molar-refractivity contribution in [3.63, 3.8) is 0 Å². The van der Waals surface area contributed by atoms with E-state index >= 15 is 0 Å². The third kappa shape index (κ3) is 5.96. The topological polar surface area (TPSA) is 32.7 Å². The maximum Gasteiger partial charge on any atom is 0.0900 e. The molecule has 0 saturated heterocycles. The summed E-state index contributed by atoms with van der Waals surface area (Å²) >= 11 is 3.53. The summed E-state index contributed by atoms with van der Waals surface area (Å²) < 4.78 is 6.49. The Kier molecular flexibility index (Phi) is 6.86. The van der Waals surface area contributed by atoms with Crippen molar-refractivity contribution in [2.45, 2.75) is 32.6 Å². The van der Waals surface area contributed by atoms with Crippen LogP contribution in [-0.2, 0) is 11.3 Å². The van der Waals surface area contributed by atoms with Gasteiger partial charge in [0.2, 0.25) is 0 Å². The highest BCUT2D eigenvalue weighted by Crippen LogP contribution is 2.17. The Hall–Kier alpha value is -0.420. The van der Waals surface area contributed by atoms with Gasteiger partial charge in [0.15, 0.2) is 0 Å². The van der Waals surface area contributed by atoms with Crippen LogP contribution in [-0.4, -0.2) is 42.4 Å². The van der Waals surface area contributed by atoms with Crippen LogP contribution in [0.4, 0.5) is 0 Å². The molecule has 0 aliphatic rings. The Morgan fingerprint density at radius 2 is 2.00 bits per heavy atom. The van der Waals surface area contributed by atoms with Crippen LogP contribution in [0.1, 0.15) is 19.4 Å². The molecule has 0 heterocycles. The van der Waals surface area contributed by atoms with E-state index < -0.39 is 6.10 Å². The van der Waals surface area contributed by atoms with Gasteiger partial charge >= 0.3 is 0 Å². The average Bonchev–Trinajstić information content (AvgIpc) is 2.29. The van der Waals surface area contributed by atoms with Crippen molar-refractivity contribution >= 4 is 15.9 Å². The van der Waals surface area contributed by atoms with Crippen molar-refractivity contribution in [3.8, 4) is 0 Å². The Bertz CT molecular complexity index is 357. The van der Waals surface area contributed by atoms with Gasteiger partial charge in [-0.3, -0.25) is 4.90 Å². The number of ether oxygens (including phenoxy) is 1. The first kappa shape index (κ1) is 15.6. The van der Waals surface area contributed by atoms with Gasteiger partial charge < -0.3 is 9.84 Å². The number of aliphatic hydroxyl groups is 1. The molecule has 1 N–H and O–H groups in total. The van der Waals surface area contributed by atoms with Crippen LogP contribution in [0.15, 0.2) is 28.7 Å². The minimum absolute atomic E-state index is 0.160. The normalized spacial score (nSPS) is 13.3. The lowest BCUT2D eigenvalue weighted by atomic mass is 10.2. The van der Waals surface area contributed by atoms with E-state index in [1.165, 1.54) is 5.56 Å². The molecule has 0 spiro atoms. The Morgan fingerprint density at radius 1 is 1.33 bits per heavy atom. The molecule has 4 heteroatoms. The van der Waals surface area contributed by atoms with E-state index in [1.807, 2.05) is 39.1 Å². The molecule has 3 nitrogen and oxygen atoms in total. The average molecular weight is 316 g/mol. The molecule has 0 aromatic heterocycles. The lowest BCUT2D eigenvalue weighted by Gasteiger charge is -2.21. The second-order valence-electron chi connectivity index (χ2n) is 4.82. The first-order valence-electron chi connectivity index (χ1n) is 6.20. The predicted octanol–water partition coefficient (Wildman–Crippen LogP) is 2.67. The second kappa shape index (κ2) is 7.89. The molecule has 1 rings (SSSR count). The van der Waals surface area contributed by atoms with Gasteiger partial charge in [-0.15, -0.1) is 0 Å². The van der Waals surface area contributed by atoms with E-state index in [-0.39, 0.29) is 6.10 Å². The van der Waals surface area contributed by atoms with Gasteiger partial charge in [-0.05, 0) is 32.5 Å². The molecule has 0 saturated carbocycles. The van der Waals surface area contributed by atoms with Crippen molar-refractivity contribution < 1.29 is 9.84 Å². The van der Waals surface area contributed by atoms with E-state index in [1.54, 1.807) is 0 Å². The molecule has 0 aliphatic heterocycles. The molecule has 1 atom stereocenters. The highest BCUT2D eigenvalue weighted by Gasteiger charge is 2.10. The van der Waals surface area contributed by atoms with E-state index in [0.29, 0.717) is 13.2 Å². The Labute approximate surface area is 118 Å². The molecule has 18 heavy (non-hydrogen) atoms. The smallest absolute Gasteiger partial charge is 0.0900 e. The summed E-state index contributed by atoms with van der Waals surface area (Å²) in [5.74, 6) is 0. The van der Waals surface area contributed by atoms with Crippen molar-refractivity contribution in [3.05, 3.63) is 34.3 Å². The molecule has 0 bridgehead atoms. The number of hydrogen-bond donors (Lipinski definition) is 1. The molecule has 1 aromatic carbocycles. The monoisotopic (exact) mass is 315 g/mol. The minimum atomic E-state index is -0.445. The van der Waals surface area contributed by atoms with Gasteiger partial charge in [0.05, 0.1) is 18.8 Å². The van der Waals surface area contributed by atoms with Gasteiger partial charge in [0.25, 0.3) is 0 Å². The summed E-state index contributed by atoms with van der Waals surface area (Å²) in [5, 5.41) is 9.84. The third-order valence-electron chi connectivity index (χ3n) is 2.54. The van der Waals surface area contributed by atoms with Crippen molar-refractivity contribution in [2.75, 3.05) is 20.2 Å². The molecule has 0 fully saturated rings. The van der Waals surface area contributed by atoms with Crippen LogP contribution >= 0.6 is 15.9 Å². The number of rotatable bonds is 7. The van der Waals surface area contributed by atoms with Crippen LogP contribution in [0.25, 0.3) is 0 Å². The van der Waals surface area contributed by atoms with Gasteiger partial charge in [-0.1, -0.05) is 34.1 Å². The standard InChI is InChI=1S/C14H22BrNO2/c1-11(2)18-10-13(17)9-16(3)8-12-6-4-5-7-14(12)15/h4-7,11,13,17H,8-10H2,1-3H3.